The second-order valence-corrected chi connectivity index (χ2v) is 11.5. The number of hydrogen-bond donors (Lipinski definition) is 0. The maximum atomic E-state index is 12.1. The molecule has 1 saturated carbocycles. The van der Waals surface area contributed by atoms with Crippen molar-refractivity contribution in [3.63, 3.8) is 0 Å². The van der Waals surface area contributed by atoms with Gasteiger partial charge in [0, 0.05) is 12.8 Å². The lowest BCUT2D eigenvalue weighted by atomic mass is 9.80. The molecule has 1 aromatic carbocycles. The van der Waals surface area contributed by atoms with Crippen molar-refractivity contribution in [2.45, 2.75) is 76.6 Å². The zero-order chi connectivity index (χ0) is 20.0. The molecule has 0 amide bonds. The first kappa shape index (κ1) is 21.6. The standard InChI is InChI=1S/C23H36O4S/c1-18(2)28(24,25)17-21-7-5-19(6-8-21)3-4-20-9-11-22(12-10-20)27-23-13-15-26-16-14-23/h9-12,18-19,21,23H,3-8,13-17H2,1-2H3. The number of sulfone groups is 1. The first-order valence-electron chi connectivity index (χ1n) is 11.0. The molecule has 1 aliphatic heterocycles. The maximum absolute atomic E-state index is 12.1. The van der Waals surface area contributed by atoms with Crippen LogP contribution in [0.4, 0.5) is 0 Å². The first-order chi connectivity index (χ1) is 13.4. The molecule has 2 fully saturated rings. The highest BCUT2D eigenvalue weighted by atomic mass is 32.2. The van der Waals surface area contributed by atoms with E-state index in [1.165, 1.54) is 24.8 Å². The van der Waals surface area contributed by atoms with Gasteiger partial charge < -0.3 is 9.47 Å². The van der Waals surface area contributed by atoms with Crippen molar-refractivity contribution >= 4 is 9.84 Å². The molecule has 28 heavy (non-hydrogen) atoms. The molecule has 3 rings (SSSR count). The van der Waals surface area contributed by atoms with Crippen LogP contribution in [0, 0.1) is 11.8 Å². The van der Waals surface area contributed by atoms with Crippen LogP contribution < -0.4 is 4.74 Å². The molecule has 1 saturated heterocycles. The van der Waals surface area contributed by atoms with Crippen molar-refractivity contribution in [3.8, 4) is 5.75 Å². The molecule has 0 unspecified atom stereocenters. The Hall–Kier alpha value is -1.07. The maximum Gasteiger partial charge on any atom is 0.152 e. The molecule has 2 aliphatic rings. The fraction of sp³-hybridized carbons (Fsp3) is 0.739. The normalized spacial score (nSPS) is 24.4. The molecule has 0 N–H and O–H groups in total. The topological polar surface area (TPSA) is 52.6 Å². The van der Waals surface area contributed by atoms with Crippen LogP contribution in [0.1, 0.15) is 64.4 Å². The highest BCUT2D eigenvalue weighted by molar-refractivity contribution is 7.91. The average Bonchev–Trinajstić information content (AvgIpc) is 2.69. The Morgan fingerprint density at radius 2 is 1.57 bits per heavy atom. The molecule has 4 nitrogen and oxygen atoms in total. The van der Waals surface area contributed by atoms with Crippen LogP contribution >= 0.6 is 0 Å². The number of hydrogen-bond acceptors (Lipinski definition) is 4. The van der Waals surface area contributed by atoms with Crippen molar-refractivity contribution in [1.82, 2.24) is 0 Å². The van der Waals surface area contributed by atoms with Crippen LogP contribution in [0.25, 0.3) is 0 Å². The van der Waals surface area contributed by atoms with Gasteiger partial charge in [-0.1, -0.05) is 25.0 Å². The van der Waals surface area contributed by atoms with Crippen molar-refractivity contribution in [3.05, 3.63) is 29.8 Å². The van der Waals surface area contributed by atoms with E-state index in [1.54, 1.807) is 13.8 Å². The van der Waals surface area contributed by atoms with Crippen LogP contribution in [0.2, 0.25) is 0 Å². The smallest absolute Gasteiger partial charge is 0.152 e. The highest BCUT2D eigenvalue weighted by Crippen LogP contribution is 2.33. The van der Waals surface area contributed by atoms with Gasteiger partial charge in [0.25, 0.3) is 0 Å². The van der Waals surface area contributed by atoms with Gasteiger partial charge in [-0.2, -0.15) is 0 Å². The van der Waals surface area contributed by atoms with Crippen molar-refractivity contribution in [2.75, 3.05) is 19.0 Å². The minimum atomic E-state index is -2.90. The molecule has 0 radical (unpaired) electrons. The van der Waals surface area contributed by atoms with Gasteiger partial charge >= 0.3 is 0 Å². The summed E-state index contributed by atoms with van der Waals surface area (Å²) >= 11 is 0. The molecular weight excluding hydrogens is 372 g/mol. The van der Waals surface area contributed by atoms with E-state index >= 15 is 0 Å². The SMILES string of the molecule is CC(C)S(=O)(=O)CC1CCC(CCc2ccc(OC3CCOCC3)cc2)CC1. The summed E-state index contributed by atoms with van der Waals surface area (Å²) in [6.45, 7) is 5.19. The van der Waals surface area contributed by atoms with Crippen molar-refractivity contribution < 1.29 is 17.9 Å². The van der Waals surface area contributed by atoms with Gasteiger partial charge in [0.1, 0.15) is 11.9 Å². The van der Waals surface area contributed by atoms with Gasteiger partial charge in [-0.05, 0) is 69.1 Å². The summed E-state index contributed by atoms with van der Waals surface area (Å²) in [5.41, 5.74) is 1.36. The third-order valence-corrected chi connectivity index (χ3v) is 8.76. The lowest BCUT2D eigenvalue weighted by Crippen LogP contribution is -2.26. The largest absolute Gasteiger partial charge is 0.490 e. The van der Waals surface area contributed by atoms with E-state index < -0.39 is 9.84 Å². The molecule has 0 atom stereocenters. The zero-order valence-corrected chi connectivity index (χ0v) is 18.3. The molecule has 0 spiro atoms. The summed E-state index contributed by atoms with van der Waals surface area (Å²) in [5.74, 6) is 2.44. The summed E-state index contributed by atoms with van der Waals surface area (Å²) < 4.78 is 35.7. The Morgan fingerprint density at radius 3 is 2.18 bits per heavy atom. The third-order valence-electron chi connectivity index (χ3n) is 6.39. The van der Waals surface area contributed by atoms with Crippen LogP contribution in [-0.4, -0.2) is 38.7 Å². The Bertz CT molecular complexity index is 682. The van der Waals surface area contributed by atoms with Crippen LogP contribution in [0.3, 0.4) is 0 Å². The number of aryl methyl sites for hydroxylation is 1. The second kappa shape index (κ2) is 10.1. The minimum Gasteiger partial charge on any atom is -0.490 e. The predicted octanol–water partition coefficient (Wildman–Crippen LogP) is 4.81. The molecule has 1 heterocycles. The summed E-state index contributed by atoms with van der Waals surface area (Å²) in [6.07, 6.45) is 9.00. The van der Waals surface area contributed by atoms with E-state index in [0.29, 0.717) is 11.7 Å². The quantitative estimate of drug-likeness (QED) is 0.620. The number of rotatable bonds is 8. The van der Waals surface area contributed by atoms with Crippen molar-refractivity contribution in [1.29, 1.82) is 0 Å². The molecule has 0 bridgehead atoms. The van der Waals surface area contributed by atoms with E-state index in [4.69, 9.17) is 9.47 Å². The van der Waals surface area contributed by atoms with E-state index in [1.807, 2.05) is 0 Å². The zero-order valence-electron chi connectivity index (χ0n) is 17.4. The minimum absolute atomic E-state index is 0.247. The van der Waals surface area contributed by atoms with Gasteiger partial charge in [-0.3, -0.25) is 0 Å². The van der Waals surface area contributed by atoms with Crippen molar-refractivity contribution in [2.24, 2.45) is 11.8 Å². The van der Waals surface area contributed by atoms with Gasteiger partial charge in [0.05, 0.1) is 24.2 Å². The second-order valence-electron chi connectivity index (χ2n) is 8.88. The molecule has 1 aliphatic carbocycles. The Kier molecular flexibility index (Phi) is 7.81. The Labute approximate surface area is 170 Å². The Morgan fingerprint density at radius 1 is 0.964 bits per heavy atom. The summed E-state index contributed by atoms with van der Waals surface area (Å²) in [7, 11) is -2.90. The third kappa shape index (κ3) is 6.48. The Balaban J connectivity index is 1.38. The van der Waals surface area contributed by atoms with Gasteiger partial charge in [-0.25, -0.2) is 8.42 Å². The summed E-state index contributed by atoms with van der Waals surface area (Å²) in [4.78, 5) is 0. The summed E-state index contributed by atoms with van der Waals surface area (Å²) in [5, 5.41) is -0.247. The molecule has 5 heteroatoms. The van der Waals surface area contributed by atoms with Gasteiger partial charge in [-0.15, -0.1) is 0 Å². The molecular formula is C23H36O4S. The van der Waals surface area contributed by atoms with Crippen LogP contribution in [0.5, 0.6) is 5.75 Å². The van der Waals surface area contributed by atoms with E-state index in [-0.39, 0.29) is 11.4 Å². The average molecular weight is 409 g/mol. The fourth-order valence-corrected chi connectivity index (χ4v) is 5.67. The van der Waals surface area contributed by atoms with E-state index in [9.17, 15) is 8.42 Å². The lowest BCUT2D eigenvalue weighted by molar-refractivity contribution is 0.0255. The fourth-order valence-electron chi connectivity index (χ4n) is 4.30. The first-order valence-corrected chi connectivity index (χ1v) is 12.7. The number of ether oxygens (including phenoxy) is 2. The van der Waals surface area contributed by atoms with Crippen LogP contribution in [0.15, 0.2) is 24.3 Å². The van der Waals surface area contributed by atoms with Crippen LogP contribution in [-0.2, 0) is 21.0 Å². The van der Waals surface area contributed by atoms with E-state index in [2.05, 4.69) is 24.3 Å². The molecule has 158 valence electrons. The molecule has 0 aromatic heterocycles. The number of benzene rings is 1. The molecule has 1 aromatic rings. The predicted molar refractivity (Wildman–Crippen MR) is 114 cm³/mol. The summed E-state index contributed by atoms with van der Waals surface area (Å²) in [6, 6.07) is 8.57. The van der Waals surface area contributed by atoms with Gasteiger partial charge in [0.2, 0.25) is 0 Å². The monoisotopic (exact) mass is 408 g/mol. The van der Waals surface area contributed by atoms with Gasteiger partial charge in [0.15, 0.2) is 9.84 Å². The van der Waals surface area contributed by atoms with E-state index in [0.717, 1.165) is 57.0 Å². The highest BCUT2D eigenvalue weighted by Gasteiger charge is 2.27. The lowest BCUT2D eigenvalue weighted by Gasteiger charge is -2.29.